The van der Waals surface area contributed by atoms with Crippen LogP contribution in [0.1, 0.15) is 47.2 Å². The van der Waals surface area contributed by atoms with Gasteiger partial charge < -0.3 is 5.32 Å². The zero-order valence-electron chi connectivity index (χ0n) is 17.5. The van der Waals surface area contributed by atoms with Crippen LogP contribution in [0, 0.1) is 27.7 Å². The second-order valence-corrected chi connectivity index (χ2v) is 9.34. The number of sulfonamides is 1. The number of amides is 1. The van der Waals surface area contributed by atoms with Crippen molar-refractivity contribution in [2.75, 3.05) is 17.1 Å². The van der Waals surface area contributed by atoms with Crippen LogP contribution >= 0.6 is 0 Å². The Morgan fingerprint density at radius 3 is 2.21 bits per heavy atom. The van der Waals surface area contributed by atoms with Crippen molar-refractivity contribution < 1.29 is 13.2 Å². The molecule has 0 fully saturated rings. The van der Waals surface area contributed by atoms with E-state index in [0.717, 1.165) is 29.4 Å². The van der Waals surface area contributed by atoms with Crippen LogP contribution < -0.4 is 9.62 Å². The van der Waals surface area contributed by atoms with Gasteiger partial charge in [-0.3, -0.25) is 9.10 Å². The summed E-state index contributed by atoms with van der Waals surface area (Å²) in [4.78, 5) is 12.7. The fourth-order valence-corrected chi connectivity index (χ4v) is 4.05. The molecule has 1 N–H and O–H groups in total. The van der Waals surface area contributed by atoms with Gasteiger partial charge in [0.1, 0.15) is 6.54 Å². The van der Waals surface area contributed by atoms with E-state index in [1.54, 1.807) is 6.07 Å². The van der Waals surface area contributed by atoms with Gasteiger partial charge >= 0.3 is 0 Å². The van der Waals surface area contributed by atoms with E-state index in [-0.39, 0.29) is 18.5 Å². The normalized spacial score (nSPS) is 12.5. The summed E-state index contributed by atoms with van der Waals surface area (Å²) in [5, 5.41) is 2.99. The maximum absolute atomic E-state index is 12.7. The highest BCUT2D eigenvalue weighted by Gasteiger charge is 2.24. The monoisotopic (exact) mass is 402 g/mol. The summed E-state index contributed by atoms with van der Waals surface area (Å²) in [6.07, 6.45) is 1.85. The van der Waals surface area contributed by atoms with Gasteiger partial charge in [0.2, 0.25) is 15.9 Å². The van der Waals surface area contributed by atoms with E-state index in [9.17, 15) is 13.2 Å². The van der Waals surface area contributed by atoms with Crippen molar-refractivity contribution >= 4 is 21.6 Å². The third kappa shape index (κ3) is 5.35. The molecule has 0 spiro atoms. The Balaban J connectivity index is 2.25. The van der Waals surface area contributed by atoms with E-state index in [1.807, 2.05) is 58.9 Å². The van der Waals surface area contributed by atoms with Crippen LogP contribution in [0.15, 0.2) is 36.4 Å². The molecule has 2 aromatic carbocycles. The average molecular weight is 403 g/mol. The van der Waals surface area contributed by atoms with E-state index < -0.39 is 10.0 Å². The van der Waals surface area contributed by atoms with Crippen molar-refractivity contribution in [2.24, 2.45) is 0 Å². The van der Waals surface area contributed by atoms with Crippen LogP contribution in [-0.2, 0) is 14.8 Å². The van der Waals surface area contributed by atoms with E-state index in [0.29, 0.717) is 5.69 Å². The lowest BCUT2D eigenvalue weighted by Gasteiger charge is -2.26. The molecular formula is C22H30N2O3S. The lowest BCUT2D eigenvalue weighted by atomic mass is 9.99. The summed E-state index contributed by atoms with van der Waals surface area (Å²) in [6, 6.07) is 11.5. The molecule has 152 valence electrons. The van der Waals surface area contributed by atoms with E-state index >= 15 is 0 Å². The van der Waals surface area contributed by atoms with Gasteiger partial charge in [0, 0.05) is 0 Å². The number of carbonyl (C=O) groups is 1. The van der Waals surface area contributed by atoms with E-state index in [2.05, 4.69) is 11.4 Å². The van der Waals surface area contributed by atoms with E-state index in [1.165, 1.54) is 15.4 Å². The Hall–Kier alpha value is -2.34. The quantitative estimate of drug-likeness (QED) is 0.762. The minimum Gasteiger partial charge on any atom is -0.348 e. The number of carbonyl (C=O) groups excluding carboxylic acids is 1. The van der Waals surface area contributed by atoms with Crippen LogP contribution in [0.4, 0.5) is 5.69 Å². The highest BCUT2D eigenvalue weighted by Crippen LogP contribution is 2.24. The number of anilines is 1. The summed E-state index contributed by atoms with van der Waals surface area (Å²) in [5.74, 6) is -0.323. The van der Waals surface area contributed by atoms with Crippen LogP contribution in [0.25, 0.3) is 0 Å². The number of aryl methyl sites for hydroxylation is 4. The first kappa shape index (κ1) is 22.0. The Morgan fingerprint density at radius 2 is 1.64 bits per heavy atom. The molecule has 2 aromatic rings. The second-order valence-electron chi connectivity index (χ2n) is 7.43. The molecule has 0 aliphatic rings. The molecule has 2 rings (SSSR count). The van der Waals surface area contributed by atoms with Gasteiger partial charge in [0.05, 0.1) is 18.0 Å². The number of rotatable bonds is 7. The van der Waals surface area contributed by atoms with Gasteiger partial charge in [-0.25, -0.2) is 8.42 Å². The number of nitrogens with one attached hydrogen (secondary N) is 1. The lowest BCUT2D eigenvalue weighted by Crippen LogP contribution is -2.41. The predicted octanol–water partition coefficient (Wildman–Crippen LogP) is 3.95. The molecule has 0 radical (unpaired) electrons. The molecule has 28 heavy (non-hydrogen) atoms. The highest BCUT2D eigenvalue weighted by molar-refractivity contribution is 7.92. The zero-order chi connectivity index (χ0) is 21.1. The summed E-state index contributed by atoms with van der Waals surface area (Å²) in [6.45, 7) is 9.58. The smallest absolute Gasteiger partial charge is 0.241 e. The maximum atomic E-state index is 12.7. The molecular weight excluding hydrogens is 372 g/mol. The summed E-state index contributed by atoms with van der Waals surface area (Å²) >= 11 is 0. The van der Waals surface area contributed by atoms with Gasteiger partial charge in [-0.1, -0.05) is 37.3 Å². The molecule has 0 aromatic heterocycles. The molecule has 1 atom stereocenters. The van der Waals surface area contributed by atoms with Crippen molar-refractivity contribution in [3.63, 3.8) is 0 Å². The number of hydrogen-bond acceptors (Lipinski definition) is 3. The third-order valence-corrected chi connectivity index (χ3v) is 6.12. The standard InChI is InChI=1S/C22H30N2O3S/c1-7-20(19-11-10-16(3)18(5)13-19)23-22(25)14-24(28(6,26)27)21-12-15(2)8-9-17(21)4/h8-13,20H,7,14H2,1-6H3,(H,23,25). The molecule has 5 nitrogen and oxygen atoms in total. The second kappa shape index (κ2) is 8.78. The van der Waals surface area contributed by atoms with Gasteiger partial charge in [-0.05, 0) is 68.0 Å². The Bertz CT molecular complexity index is 968. The van der Waals surface area contributed by atoms with Crippen molar-refractivity contribution in [2.45, 2.75) is 47.1 Å². The number of nitrogens with zero attached hydrogens (tertiary/aromatic N) is 1. The minimum absolute atomic E-state index is 0.160. The molecule has 0 bridgehead atoms. The van der Waals surface area contributed by atoms with Gasteiger partial charge in [0.15, 0.2) is 0 Å². The topological polar surface area (TPSA) is 66.5 Å². The summed E-state index contributed by atoms with van der Waals surface area (Å²) in [7, 11) is -3.60. The molecule has 0 aliphatic carbocycles. The fourth-order valence-electron chi connectivity index (χ4n) is 3.14. The van der Waals surface area contributed by atoms with E-state index in [4.69, 9.17) is 0 Å². The van der Waals surface area contributed by atoms with Crippen LogP contribution in [0.5, 0.6) is 0 Å². The molecule has 1 amide bonds. The van der Waals surface area contributed by atoms with Crippen molar-refractivity contribution in [1.29, 1.82) is 0 Å². The largest absolute Gasteiger partial charge is 0.348 e. The zero-order valence-corrected chi connectivity index (χ0v) is 18.4. The molecule has 1 unspecified atom stereocenters. The Labute approximate surface area is 168 Å². The van der Waals surface area contributed by atoms with Crippen LogP contribution in [0.2, 0.25) is 0 Å². The first-order valence-electron chi connectivity index (χ1n) is 9.44. The number of benzene rings is 2. The van der Waals surface area contributed by atoms with Gasteiger partial charge in [0.25, 0.3) is 0 Å². The molecule has 0 saturated heterocycles. The first-order valence-corrected chi connectivity index (χ1v) is 11.3. The Morgan fingerprint density at radius 1 is 1.00 bits per heavy atom. The fraction of sp³-hybridized carbons (Fsp3) is 0.409. The molecule has 0 saturated carbocycles. The maximum Gasteiger partial charge on any atom is 0.241 e. The Kier molecular flexibility index (Phi) is 6.88. The lowest BCUT2D eigenvalue weighted by molar-refractivity contribution is -0.120. The predicted molar refractivity (Wildman–Crippen MR) is 115 cm³/mol. The highest BCUT2D eigenvalue weighted by atomic mass is 32.2. The van der Waals surface area contributed by atoms with Crippen molar-refractivity contribution in [3.05, 3.63) is 64.2 Å². The number of hydrogen-bond donors (Lipinski definition) is 1. The first-order chi connectivity index (χ1) is 13.0. The van der Waals surface area contributed by atoms with Gasteiger partial charge in [-0.2, -0.15) is 0 Å². The van der Waals surface area contributed by atoms with Crippen molar-refractivity contribution in [3.8, 4) is 0 Å². The molecule has 0 heterocycles. The minimum atomic E-state index is -3.60. The molecule has 6 heteroatoms. The third-order valence-electron chi connectivity index (χ3n) is 5.00. The molecule has 0 aliphatic heterocycles. The van der Waals surface area contributed by atoms with Crippen LogP contribution in [-0.4, -0.2) is 27.1 Å². The van der Waals surface area contributed by atoms with Gasteiger partial charge in [-0.15, -0.1) is 0 Å². The van der Waals surface area contributed by atoms with Crippen LogP contribution in [0.3, 0.4) is 0 Å². The SMILES string of the molecule is CCC(NC(=O)CN(c1cc(C)ccc1C)S(C)(=O)=O)c1ccc(C)c(C)c1. The summed E-state index contributed by atoms with van der Waals surface area (Å²) in [5.41, 5.74) is 5.68. The summed E-state index contributed by atoms with van der Waals surface area (Å²) < 4.78 is 25.9. The average Bonchev–Trinajstić information content (AvgIpc) is 2.61. The van der Waals surface area contributed by atoms with Crippen molar-refractivity contribution in [1.82, 2.24) is 5.32 Å².